The number of hydrogen-bond acceptors (Lipinski definition) is 3. The van der Waals surface area contributed by atoms with Crippen LogP contribution in [0, 0.1) is 6.92 Å². The minimum atomic E-state index is 0.144. The molecule has 0 spiro atoms. The molecule has 2 aromatic heterocycles. The monoisotopic (exact) mass is 258 g/mol. The van der Waals surface area contributed by atoms with Crippen LogP contribution >= 0.6 is 0 Å². The van der Waals surface area contributed by atoms with Crippen molar-refractivity contribution in [2.45, 2.75) is 39.7 Å². The molecule has 0 saturated carbocycles. The van der Waals surface area contributed by atoms with E-state index in [1.807, 2.05) is 30.2 Å². The second kappa shape index (κ2) is 5.03. The first kappa shape index (κ1) is 13.6. The first-order valence-corrected chi connectivity index (χ1v) is 6.56. The standard InChI is InChI=1S/C15H22N4/c1-11-12(9-18-19(11)5)8-16-14-7-6-13(10-17-14)15(2,3)4/h6-7,9-10H,8H2,1-5H3,(H,16,17). The van der Waals surface area contributed by atoms with E-state index in [1.165, 1.54) is 16.8 Å². The van der Waals surface area contributed by atoms with Gasteiger partial charge >= 0.3 is 0 Å². The Morgan fingerprint density at radius 1 is 1.21 bits per heavy atom. The highest BCUT2D eigenvalue weighted by atomic mass is 15.3. The van der Waals surface area contributed by atoms with Gasteiger partial charge in [0.05, 0.1) is 6.20 Å². The predicted molar refractivity (Wildman–Crippen MR) is 78.2 cm³/mol. The topological polar surface area (TPSA) is 42.7 Å². The molecule has 0 saturated heterocycles. The minimum Gasteiger partial charge on any atom is -0.366 e. The third-order valence-corrected chi connectivity index (χ3v) is 3.43. The zero-order chi connectivity index (χ0) is 14.0. The molecule has 0 unspecified atom stereocenters. The molecule has 0 bridgehead atoms. The number of hydrogen-bond donors (Lipinski definition) is 1. The van der Waals surface area contributed by atoms with Gasteiger partial charge in [0.15, 0.2) is 0 Å². The molecule has 0 fully saturated rings. The van der Waals surface area contributed by atoms with Crippen LogP contribution in [0.5, 0.6) is 0 Å². The maximum absolute atomic E-state index is 4.46. The molecular formula is C15H22N4. The van der Waals surface area contributed by atoms with Gasteiger partial charge in [0.25, 0.3) is 0 Å². The molecule has 0 aliphatic rings. The molecule has 1 N–H and O–H groups in total. The lowest BCUT2D eigenvalue weighted by Gasteiger charge is -2.18. The zero-order valence-electron chi connectivity index (χ0n) is 12.4. The molecule has 102 valence electrons. The van der Waals surface area contributed by atoms with Gasteiger partial charge in [0.2, 0.25) is 0 Å². The van der Waals surface area contributed by atoms with Crippen LogP contribution in [0.1, 0.15) is 37.6 Å². The Kier molecular flexibility index (Phi) is 3.60. The fraction of sp³-hybridized carbons (Fsp3) is 0.467. The third kappa shape index (κ3) is 3.13. The van der Waals surface area contributed by atoms with Crippen molar-refractivity contribution in [1.82, 2.24) is 14.8 Å². The number of rotatable bonds is 3. The molecule has 2 rings (SSSR count). The predicted octanol–water partition coefficient (Wildman–Crippen LogP) is 3.03. The largest absolute Gasteiger partial charge is 0.366 e. The van der Waals surface area contributed by atoms with Crippen molar-refractivity contribution in [3.63, 3.8) is 0 Å². The zero-order valence-corrected chi connectivity index (χ0v) is 12.4. The van der Waals surface area contributed by atoms with Crippen molar-refractivity contribution in [2.24, 2.45) is 7.05 Å². The molecule has 19 heavy (non-hydrogen) atoms. The molecule has 0 radical (unpaired) electrons. The van der Waals surface area contributed by atoms with Gasteiger partial charge < -0.3 is 5.32 Å². The summed E-state index contributed by atoms with van der Waals surface area (Å²) in [6.07, 6.45) is 3.84. The van der Waals surface area contributed by atoms with E-state index < -0.39 is 0 Å². The van der Waals surface area contributed by atoms with Crippen LogP contribution < -0.4 is 5.32 Å². The number of pyridine rings is 1. The Bertz CT molecular complexity index is 547. The summed E-state index contributed by atoms with van der Waals surface area (Å²) in [7, 11) is 1.95. The average molecular weight is 258 g/mol. The Hall–Kier alpha value is -1.84. The van der Waals surface area contributed by atoms with E-state index in [0.717, 1.165) is 12.4 Å². The summed E-state index contributed by atoms with van der Waals surface area (Å²) < 4.78 is 1.88. The molecule has 4 heteroatoms. The molecule has 0 aliphatic heterocycles. The van der Waals surface area contributed by atoms with Crippen LogP contribution in [0.4, 0.5) is 5.82 Å². The lowest BCUT2D eigenvalue weighted by molar-refractivity contribution is 0.587. The average Bonchev–Trinajstić information content (AvgIpc) is 2.67. The lowest BCUT2D eigenvalue weighted by atomic mass is 9.88. The highest BCUT2D eigenvalue weighted by molar-refractivity contribution is 5.38. The number of nitrogens with one attached hydrogen (secondary N) is 1. The number of aryl methyl sites for hydroxylation is 1. The van der Waals surface area contributed by atoms with Gasteiger partial charge in [-0.3, -0.25) is 4.68 Å². The van der Waals surface area contributed by atoms with Gasteiger partial charge in [-0.25, -0.2) is 4.98 Å². The van der Waals surface area contributed by atoms with Gasteiger partial charge in [-0.05, 0) is 24.0 Å². The van der Waals surface area contributed by atoms with Gasteiger partial charge in [-0.1, -0.05) is 26.8 Å². The normalized spacial score (nSPS) is 11.6. The van der Waals surface area contributed by atoms with E-state index in [0.29, 0.717) is 0 Å². The first-order valence-electron chi connectivity index (χ1n) is 6.56. The smallest absolute Gasteiger partial charge is 0.126 e. The highest BCUT2D eigenvalue weighted by Crippen LogP contribution is 2.22. The van der Waals surface area contributed by atoms with Crippen molar-refractivity contribution in [1.29, 1.82) is 0 Å². The molecule has 0 aromatic carbocycles. The van der Waals surface area contributed by atoms with Gasteiger partial charge in [-0.15, -0.1) is 0 Å². The Labute approximate surface area is 114 Å². The Morgan fingerprint density at radius 3 is 2.42 bits per heavy atom. The van der Waals surface area contributed by atoms with Gasteiger partial charge in [-0.2, -0.15) is 5.10 Å². The Morgan fingerprint density at radius 2 is 1.95 bits per heavy atom. The molecule has 0 aliphatic carbocycles. The summed E-state index contributed by atoms with van der Waals surface area (Å²) in [5, 5.41) is 7.56. The second-order valence-corrected chi connectivity index (χ2v) is 5.91. The van der Waals surface area contributed by atoms with E-state index in [9.17, 15) is 0 Å². The third-order valence-electron chi connectivity index (χ3n) is 3.43. The molecule has 0 amide bonds. The van der Waals surface area contributed by atoms with E-state index in [4.69, 9.17) is 0 Å². The first-order chi connectivity index (χ1) is 8.88. The van der Waals surface area contributed by atoms with Crippen molar-refractivity contribution in [2.75, 3.05) is 5.32 Å². The van der Waals surface area contributed by atoms with Gasteiger partial charge in [0, 0.05) is 31.0 Å². The van der Waals surface area contributed by atoms with Crippen molar-refractivity contribution < 1.29 is 0 Å². The number of aromatic nitrogens is 3. The fourth-order valence-electron chi connectivity index (χ4n) is 1.85. The maximum Gasteiger partial charge on any atom is 0.126 e. The van der Waals surface area contributed by atoms with Crippen LogP contribution in [0.3, 0.4) is 0 Å². The van der Waals surface area contributed by atoms with Crippen molar-refractivity contribution >= 4 is 5.82 Å². The number of nitrogens with zero attached hydrogens (tertiary/aromatic N) is 3. The molecule has 2 aromatic rings. The van der Waals surface area contributed by atoms with E-state index in [2.05, 4.69) is 49.2 Å². The van der Waals surface area contributed by atoms with Crippen LogP contribution in [-0.2, 0) is 19.0 Å². The van der Waals surface area contributed by atoms with E-state index in [1.54, 1.807) is 0 Å². The maximum atomic E-state index is 4.46. The summed E-state index contributed by atoms with van der Waals surface area (Å²) in [6, 6.07) is 4.16. The molecular weight excluding hydrogens is 236 g/mol. The van der Waals surface area contributed by atoms with Crippen molar-refractivity contribution in [3.8, 4) is 0 Å². The van der Waals surface area contributed by atoms with Crippen LogP contribution in [0.15, 0.2) is 24.5 Å². The number of anilines is 1. The minimum absolute atomic E-state index is 0.144. The summed E-state index contributed by atoms with van der Waals surface area (Å²) >= 11 is 0. The summed E-state index contributed by atoms with van der Waals surface area (Å²) in [5.41, 5.74) is 3.77. The summed E-state index contributed by atoms with van der Waals surface area (Å²) in [5.74, 6) is 0.899. The summed E-state index contributed by atoms with van der Waals surface area (Å²) in [6.45, 7) is 9.39. The van der Waals surface area contributed by atoms with Crippen LogP contribution in [0.2, 0.25) is 0 Å². The SMILES string of the molecule is Cc1c(CNc2ccc(C(C)(C)C)cn2)cnn1C. The highest BCUT2D eigenvalue weighted by Gasteiger charge is 2.13. The molecule has 2 heterocycles. The lowest BCUT2D eigenvalue weighted by Crippen LogP contribution is -2.12. The fourth-order valence-corrected chi connectivity index (χ4v) is 1.85. The Balaban J connectivity index is 2.03. The van der Waals surface area contributed by atoms with Crippen LogP contribution in [-0.4, -0.2) is 14.8 Å². The summed E-state index contributed by atoms with van der Waals surface area (Å²) in [4.78, 5) is 4.46. The van der Waals surface area contributed by atoms with E-state index in [-0.39, 0.29) is 5.41 Å². The molecule has 4 nitrogen and oxygen atoms in total. The molecule has 0 atom stereocenters. The van der Waals surface area contributed by atoms with E-state index >= 15 is 0 Å². The van der Waals surface area contributed by atoms with Gasteiger partial charge in [0.1, 0.15) is 5.82 Å². The van der Waals surface area contributed by atoms with Crippen molar-refractivity contribution in [3.05, 3.63) is 41.3 Å². The second-order valence-electron chi connectivity index (χ2n) is 5.91. The van der Waals surface area contributed by atoms with Crippen LogP contribution in [0.25, 0.3) is 0 Å². The quantitative estimate of drug-likeness (QED) is 0.920.